The average Bonchev–Trinajstić information content (AvgIpc) is 3.38. The highest BCUT2D eigenvalue weighted by atomic mass is 16.5. The molecule has 0 aromatic carbocycles. The first kappa shape index (κ1) is 19.5. The van der Waals surface area contributed by atoms with Gasteiger partial charge in [0, 0.05) is 57.9 Å². The molecule has 3 saturated heterocycles. The summed E-state index contributed by atoms with van der Waals surface area (Å²) in [6.45, 7) is 7.85. The normalized spacial score (nSPS) is 24.7. The van der Waals surface area contributed by atoms with Crippen molar-refractivity contribution < 1.29 is 9.53 Å². The monoisotopic (exact) mass is 410 g/mol. The van der Waals surface area contributed by atoms with Crippen molar-refractivity contribution >= 4 is 11.7 Å². The number of anilines is 1. The van der Waals surface area contributed by atoms with E-state index in [2.05, 4.69) is 43.0 Å². The van der Waals surface area contributed by atoms with Gasteiger partial charge in [-0.15, -0.1) is 0 Å². The molecule has 0 radical (unpaired) electrons. The van der Waals surface area contributed by atoms with Gasteiger partial charge in [-0.25, -0.2) is 4.98 Å². The third-order valence-electron chi connectivity index (χ3n) is 6.69. The fraction of sp³-hybridized carbons (Fsp3) is 0.591. The van der Waals surface area contributed by atoms with Crippen LogP contribution in [0.25, 0.3) is 0 Å². The predicted octanol–water partition coefficient (Wildman–Crippen LogP) is 1.34. The fourth-order valence-electron chi connectivity index (χ4n) is 5.16. The third kappa shape index (κ3) is 3.70. The largest absolute Gasteiger partial charge is 0.378 e. The van der Waals surface area contributed by atoms with Crippen LogP contribution in [0.2, 0.25) is 0 Å². The molecule has 0 saturated carbocycles. The number of fused-ring (bicyclic) bond motifs is 1. The van der Waals surface area contributed by atoms with Gasteiger partial charge >= 0.3 is 0 Å². The van der Waals surface area contributed by atoms with E-state index in [-0.39, 0.29) is 5.91 Å². The van der Waals surface area contributed by atoms with Crippen molar-refractivity contribution in [3.05, 3.63) is 41.3 Å². The number of morpholine rings is 1. The molecule has 3 aliphatic heterocycles. The molecule has 8 nitrogen and oxygen atoms in total. The van der Waals surface area contributed by atoms with Gasteiger partial charge in [0.25, 0.3) is 0 Å². The molecule has 0 N–H and O–H groups in total. The third-order valence-corrected chi connectivity index (χ3v) is 6.69. The molecule has 160 valence electrons. The molecule has 0 bridgehead atoms. The summed E-state index contributed by atoms with van der Waals surface area (Å²) in [5.41, 5.74) is 3.36. The van der Waals surface area contributed by atoms with Crippen LogP contribution >= 0.6 is 0 Å². The van der Waals surface area contributed by atoms with Gasteiger partial charge in [-0.3, -0.25) is 14.4 Å². The van der Waals surface area contributed by atoms with Crippen LogP contribution in [0.5, 0.6) is 0 Å². The summed E-state index contributed by atoms with van der Waals surface area (Å²) in [6, 6.07) is 6.98. The van der Waals surface area contributed by atoms with E-state index in [1.807, 2.05) is 24.9 Å². The second-order valence-electron chi connectivity index (χ2n) is 8.64. The van der Waals surface area contributed by atoms with Crippen molar-refractivity contribution in [2.24, 2.45) is 7.05 Å². The quantitative estimate of drug-likeness (QED) is 0.741. The van der Waals surface area contributed by atoms with Crippen molar-refractivity contribution in [1.82, 2.24) is 24.6 Å². The lowest BCUT2D eigenvalue weighted by atomic mass is 10.1. The van der Waals surface area contributed by atoms with Crippen LogP contribution in [0.4, 0.5) is 5.82 Å². The van der Waals surface area contributed by atoms with Crippen LogP contribution in [0.3, 0.4) is 0 Å². The minimum absolute atomic E-state index is 0.261. The first-order chi connectivity index (χ1) is 14.6. The van der Waals surface area contributed by atoms with E-state index in [0.29, 0.717) is 25.0 Å². The maximum Gasteiger partial charge on any atom is 0.224 e. The number of ether oxygens (including phenoxy) is 1. The van der Waals surface area contributed by atoms with Crippen LogP contribution in [0.15, 0.2) is 24.4 Å². The zero-order valence-corrected chi connectivity index (χ0v) is 17.8. The Kier molecular flexibility index (Phi) is 5.20. The smallest absolute Gasteiger partial charge is 0.224 e. The Bertz CT molecular complexity index is 922. The molecule has 0 spiro atoms. The summed E-state index contributed by atoms with van der Waals surface area (Å²) in [4.78, 5) is 24.2. The van der Waals surface area contributed by atoms with E-state index in [4.69, 9.17) is 4.74 Å². The van der Waals surface area contributed by atoms with E-state index < -0.39 is 0 Å². The second-order valence-corrected chi connectivity index (χ2v) is 8.64. The van der Waals surface area contributed by atoms with Crippen molar-refractivity contribution in [2.75, 3.05) is 37.7 Å². The fourth-order valence-corrected chi connectivity index (χ4v) is 5.16. The van der Waals surface area contributed by atoms with Gasteiger partial charge in [0.05, 0.1) is 31.1 Å². The topological polar surface area (TPSA) is 66.7 Å². The minimum atomic E-state index is 0.261. The van der Waals surface area contributed by atoms with Gasteiger partial charge in [0.1, 0.15) is 5.82 Å². The number of pyridine rings is 1. The highest BCUT2D eigenvalue weighted by Crippen LogP contribution is 2.34. The molecular weight excluding hydrogens is 380 g/mol. The number of aromatic nitrogens is 3. The molecule has 0 unspecified atom stereocenters. The minimum Gasteiger partial charge on any atom is -0.378 e. The van der Waals surface area contributed by atoms with Crippen LogP contribution in [-0.4, -0.2) is 75.4 Å². The van der Waals surface area contributed by atoms with Gasteiger partial charge in [-0.2, -0.15) is 5.10 Å². The summed E-state index contributed by atoms with van der Waals surface area (Å²) in [7, 11) is 1.96. The van der Waals surface area contributed by atoms with Crippen molar-refractivity contribution in [3.63, 3.8) is 0 Å². The van der Waals surface area contributed by atoms with Crippen LogP contribution in [-0.2, 0) is 29.7 Å². The van der Waals surface area contributed by atoms with Gasteiger partial charge < -0.3 is 14.5 Å². The molecular formula is C22H30N6O2. The molecule has 1 amide bonds. The maximum absolute atomic E-state index is 12.8. The van der Waals surface area contributed by atoms with E-state index in [0.717, 1.165) is 63.0 Å². The molecule has 30 heavy (non-hydrogen) atoms. The van der Waals surface area contributed by atoms with Crippen LogP contribution in [0, 0.1) is 6.92 Å². The Balaban J connectivity index is 1.27. The Hall–Kier alpha value is -2.45. The molecule has 8 heteroatoms. The molecule has 0 aliphatic carbocycles. The molecule has 3 fully saturated rings. The van der Waals surface area contributed by atoms with E-state index in [1.165, 1.54) is 5.56 Å². The molecule has 2 aromatic rings. The zero-order chi connectivity index (χ0) is 20.7. The standard InChI is InChI=1S/C22H30N6O2/c1-16-11-18(25(2)24-16)15-28-19-4-6-27(20(19)13-22(28)29)14-17-3-5-23-21(12-17)26-7-9-30-10-8-26/h3,5,11-12,19-20H,4,6-10,13-15H2,1-2H3/t19-,20-/m0/s1. The molecule has 2 atom stereocenters. The Morgan fingerprint density at radius 1 is 1.13 bits per heavy atom. The number of likely N-dealkylation sites (tertiary alicyclic amines) is 2. The Morgan fingerprint density at radius 3 is 2.73 bits per heavy atom. The Morgan fingerprint density at radius 2 is 1.97 bits per heavy atom. The van der Waals surface area contributed by atoms with E-state index >= 15 is 0 Å². The number of aryl methyl sites for hydroxylation is 2. The molecule has 5 rings (SSSR count). The van der Waals surface area contributed by atoms with E-state index in [1.54, 1.807) is 0 Å². The lowest BCUT2D eigenvalue weighted by Gasteiger charge is -2.28. The summed E-state index contributed by atoms with van der Waals surface area (Å²) in [5, 5.41) is 4.43. The highest BCUT2D eigenvalue weighted by Gasteiger charge is 2.46. The van der Waals surface area contributed by atoms with Gasteiger partial charge in [0.15, 0.2) is 0 Å². The summed E-state index contributed by atoms with van der Waals surface area (Å²) >= 11 is 0. The molecule has 3 aliphatic rings. The first-order valence-electron chi connectivity index (χ1n) is 10.9. The highest BCUT2D eigenvalue weighted by molar-refractivity contribution is 5.80. The van der Waals surface area contributed by atoms with Gasteiger partial charge in [-0.05, 0) is 37.1 Å². The summed E-state index contributed by atoms with van der Waals surface area (Å²) < 4.78 is 7.35. The van der Waals surface area contributed by atoms with E-state index in [9.17, 15) is 4.79 Å². The SMILES string of the molecule is Cc1cc(CN2C(=O)C[C@H]3[C@@H]2CCN3Cc2ccnc(N3CCOCC3)c2)n(C)n1. The van der Waals surface area contributed by atoms with Crippen molar-refractivity contribution in [3.8, 4) is 0 Å². The average molecular weight is 411 g/mol. The molecule has 5 heterocycles. The summed E-state index contributed by atoms with van der Waals surface area (Å²) in [6.07, 6.45) is 3.56. The van der Waals surface area contributed by atoms with Crippen molar-refractivity contribution in [1.29, 1.82) is 0 Å². The Labute approximate surface area is 177 Å². The lowest BCUT2D eigenvalue weighted by molar-refractivity contribution is -0.129. The number of hydrogen-bond acceptors (Lipinski definition) is 6. The van der Waals surface area contributed by atoms with Gasteiger partial charge in [0.2, 0.25) is 5.91 Å². The zero-order valence-electron chi connectivity index (χ0n) is 17.8. The summed E-state index contributed by atoms with van der Waals surface area (Å²) in [5.74, 6) is 1.29. The number of carbonyl (C=O) groups excluding carboxylic acids is 1. The van der Waals surface area contributed by atoms with Crippen LogP contribution in [0.1, 0.15) is 29.8 Å². The number of carbonyl (C=O) groups is 1. The first-order valence-corrected chi connectivity index (χ1v) is 10.9. The van der Waals surface area contributed by atoms with Crippen molar-refractivity contribution in [2.45, 2.75) is 44.9 Å². The number of nitrogens with zero attached hydrogens (tertiary/aromatic N) is 6. The predicted molar refractivity (Wildman–Crippen MR) is 113 cm³/mol. The number of amides is 1. The van der Waals surface area contributed by atoms with Gasteiger partial charge in [-0.1, -0.05) is 0 Å². The molecule has 2 aromatic heterocycles. The second kappa shape index (κ2) is 8.00. The lowest BCUT2D eigenvalue weighted by Crippen LogP contribution is -2.37. The number of hydrogen-bond donors (Lipinski definition) is 0. The number of rotatable bonds is 5. The van der Waals surface area contributed by atoms with Crippen LogP contribution < -0.4 is 4.90 Å². The maximum atomic E-state index is 12.8.